The number of hydrogen-bond donors (Lipinski definition) is 3. The summed E-state index contributed by atoms with van der Waals surface area (Å²) in [7, 11) is 1.47. The van der Waals surface area contributed by atoms with Gasteiger partial charge in [0.1, 0.15) is 6.61 Å². The summed E-state index contributed by atoms with van der Waals surface area (Å²) in [6.45, 7) is 3.83. The van der Waals surface area contributed by atoms with E-state index in [0.29, 0.717) is 6.41 Å². The van der Waals surface area contributed by atoms with Crippen molar-refractivity contribution in [2.75, 3.05) is 18.7 Å². The van der Waals surface area contributed by atoms with Crippen LogP contribution in [0.2, 0.25) is 0 Å². The number of nitrogens with zero attached hydrogens (tertiary/aromatic N) is 1. The van der Waals surface area contributed by atoms with E-state index < -0.39 is 11.7 Å². The number of carbonyl (C=O) groups excluding carboxylic acids is 1. The number of anilines is 1. The quantitative estimate of drug-likeness (QED) is 0.224. The summed E-state index contributed by atoms with van der Waals surface area (Å²) in [4.78, 5) is 8.94. The Morgan fingerprint density at radius 3 is 2.42 bits per heavy atom. The van der Waals surface area contributed by atoms with Crippen molar-refractivity contribution >= 4 is 12.1 Å². The molecular formula is C17H25F3N4O2. The summed E-state index contributed by atoms with van der Waals surface area (Å²) in [6, 6.07) is 3.78. The average molecular weight is 374 g/mol. The first-order valence-corrected chi connectivity index (χ1v) is 7.75. The zero-order valence-electron chi connectivity index (χ0n) is 15.0. The van der Waals surface area contributed by atoms with Gasteiger partial charge in [0.05, 0.1) is 11.3 Å². The highest BCUT2D eigenvalue weighted by atomic mass is 19.4. The Labute approximate surface area is 151 Å². The zero-order chi connectivity index (χ0) is 20.2. The molecule has 0 radical (unpaired) electrons. The van der Waals surface area contributed by atoms with Gasteiger partial charge in [-0.25, -0.2) is 11.7 Å². The number of alkyl halides is 3. The standard InChI is InChI=1S/C16H21F3N2O.CH4N2O/c1-4-6-8-12(5-2)11-22-15-13(16(17,18)19)9-7-10-14(15)21(3)20;2-3-1-4/h5-10H,4,11,20H2,1-3H3;1H,2H2,(H,3,4)/b8-6-,12-5+;. The van der Waals surface area contributed by atoms with Crippen LogP contribution in [0.1, 0.15) is 25.8 Å². The third kappa shape index (κ3) is 8.04. The predicted octanol–water partition coefficient (Wildman–Crippen LogP) is 2.91. The summed E-state index contributed by atoms with van der Waals surface area (Å²) in [5, 5.41) is 1.11. The van der Waals surface area contributed by atoms with Crippen LogP contribution in [0, 0.1) is 0 Å². The minimum absolute atomic E-state index is 0.0426. The molecule has 6 nitrogen and oxygen atoms in total. The summed E-state index contributed by atoms with van der Waals surface area (Å²) < 4.78 is 44.8. The van der Waals surface area contributed by atoms with E-state index in [4.69, 9.17) is 15.4 Å². The highest BCUT2D eigenvalue weighted by Gasteiger charge is 2.35. The Morgan fingerprint density at radius 2 is 2.00 bits per heavy atom. The minimum Gasteiger partial charge on any atom is -0.486 e. The number of rotatable bonds is 7. The Hall–Kier alpha value is -2.52. The van der Waals surface area contributed by atoms with E-state index in [-0.39, 0.29) is 18.0 Å². The van der Waals surface area contributed by atoms with Crippen molar-refractivity contribution in [3.05, 3.63) is 47.6 Å². The number of nitrogens with two attached hydrogens (primary N) is 2. The Morgan fingerprint density at radius 1 is 1.38 bits per heavy atom. The van der Waals surface area contributed by atoms with Crippen molar-refractivity contribution < 1.29 is 22.7 Å². The normalized spacial score (nSPS) is 11.6. The maximum Gasteiger partial charge on any atom is 0.420 e. The number of hydrogen-bond acceptors (Lipinski definition) is 5. The van der Waals surface area contributed by atoms with Crippen molar-refractivity contribution in [2.24, 2.45) is 11.7 Å². The molecule has 1 aromatic rings. The maximum atomic E-state index is 13.1. The molecular weight excluding hydrogens is 349 g/mol. The van der Waals surface area contributed by atoms with Crippen molar-refractivity contribution in [3.8, 4) is 5.75 Å². The van der Waals surface area contributed by atoms with Gasteiger partial charge in [-0.3, -0.25) is 10.2 Å². The largest absolute Gasteiger partial charge is 0.486 e. The molecule has 1 rings (SSSR count). The zero-order valence-corrected chi connectivity index (χ0v) is 15.0. The molecule has 146 valence electrons. The number of nitrogens with one attached hydrogen (secondary N) is 1. The Kier molecular flexibility index (Phi) is 10.8. The summed E-state index contributed by atoms with van der Waals surface area (Å²) in [5.41, 5.74) is 1.89. The van der Waals surface area contributed by atoms with Gasteiger partial charge in [0.2, 0.25) is 6.41 Å². The molecule has 0 saturated carbocycles. The van der Waals surface area contributed by atoms with Crippen LogP contribution in [0.5, 0.6) is 5.75 Å². The molecule has 0 atom stereocenters. The first kappa shape index (κ1) is 23.5. The summed E-state index contributed by atoms with van der Waals surface area (Å²) >= 11 is 0. The highest BCUT2D eigenvalue weighted by Crippen LogP contribution is 2.41. The monoisotopic (exact) mass is 374 g/mol. The van der Waals surface area contributed by atoms with Gasteiger partial charge in [-0.1, -0.05) is 31.2 Å². The molecule has 0 spiro atoms. The maximum absolute atomic E-state index is 13.1. The molecule has 0 fully saturated rings. The molecule has 0 saturated heterocycles. The minimum atomic E-state index is -4.50. The third-order valence-corrected chi connectivity index (χ3v) is 3.07. The molecule has 5 N–H and O–H groups in total. The van der Waals surface area contributed by atoms with E-state index in [9.17, 15) is 13.2 Å². The second-order valence-electron chi connectivity index (χ2n) is 5.01. The number of carbonyl (C=O) groups is 1. The molecule has 0 heterocycles. The first-order valence-electron chi connectivity index (χ1n) is 7.75. The lowest BCUT2D eigenvalue weighted by molar-refractivity contribution is -0.138. The topological polar surface area (TPSA) is 93.6 Å². The van der Waals surface area contributed by atoms with E-state index in [1.807, 2.05) is 26.0 Å². The number of allylic oxidation sites excluding steroid dienone is 2. The number of ether oxygens (including phenoxy) is 1. The number of amides is 1. The fraction of sp³-hybridized carbons (Fsp3) is 0.353. The van der Waals surface area contributed by atoms with E-state index in [0.717, 1.165) is 23.1 Å². The fourth-order valence-corrected chi connectivity index (χ4v) is 1.83. The lowest BCUT2D eigenvalue weighted by Gasteiger charge is -2.21. The smallest absolute Gasteiger partial charge is 0.420 e. The van der Waals surface area contributed by atoms with Crippen LogP contribution in [-0.4, -0.2) is 20.1 Å². The van der Waals surface area contributed by atoms with Gasteiger partial charge in [-0.15, -0.1) is 0 Å². The molecule has 0 aliphatic carbocycles. The Balaban J connectivity index is 0.00000141. The van der Waals surface area contributed by atoms with Crippen LogP contribution in [0.4, 0.5) is 18.9 Å². The van der Waals surface area contributed by atoms with Crippen molar-refractivity contribution in [1.82, 2.24) is 5.43 Å². The average Bonchev–Trinajstić information content (AvgIpc) is 2.61. The van der Waals surface area contributed by atoms with Crippen molar-refractivity contribution in [3.63, 3.8) is 0 Å². The van der Waals surface area contributed by atoms with Gasteiger partial charge in [-0.2, -0.15) is 13.2 Å². The number of para-hydroxylation sites is 1. The van der Waals surface area contributed by atoms with Crippen LogP contribution in [0.15, 0.2) is 42.0 Å². The van der Waals surface area contributed by atoms with E-state index in [1.54, 1.807) is 11.5 Å². The number of hydrazine groups is 2. The van der Waals surface area contributed by atoms with Gasteiger partial charge in [0.25, 0.3) is 0 Å². The van der Waals surface area contributed by atoms with E-state index >= 15 is 0 Å². The number of halogens is 3. The molecule has 0 unspecified atom stereocenters. The van der Waals surface area contributed by atoms with Crippen LogP contribution in [0.25, 0.3) is 0 Å². The predicted molar refractivity (Wildman–Crippen MR) is 96.1 cm³/mol. The number of benzene rings is 1. The molecule has 0 bridgehead atoms. The van der Waals surface area contributed by atoms with Crippen molar-refractivity contribution in [2.45, 2.75) is 26.4 Å². The Bertz CT molecular complexity index is 615. The lowest BCUT2D eigenvalue weighted by Crippen LogP contribution is -2.26. The van der Waals surface area contributed by atoms with E-state index in [2.05, 4.69) is 5.84 Å². The van der Waals surface area contributed by atoms with E-state index in [1.165, 1.54) is 19.2 Å². The molecule has 1 aromatic carbocycles. The molecule has 0 aliphatic rings. The van der Waals surface area contributed by atoms with Gasteiger partial charge in [-0.05, 0) is 31.1 Å². The second-order valence-corrected chi connectivity index (χ2v) is 5.01. The van der Waals surface area contributed by atoms with Gasteiger partial charge < -0.3 is 9.75 Å². The molecule has 0 aromatic heterocycles. The third-order valence-electron chi connectivity index (χ3n) is 3.07. The van der Waals surface area contributed by atoms with Crippen LogP contribution in [-0.2, 0) is 11.0 Å². The molecule has 9 heteroatoms. The first-order chi connectivity index (χ1) is 12.2. The lowest BCUT2D eigenvalue weighted by atomic mass is 10.1. The van der Waals surface area contributed by atoms with Crippen LogP contribution >= 0.6 is 0 Å². The summed E-state index contributed by atoms with van der Waals surface area (Å²) in [6.07, 6.45) is 2.30. The molecule has 1 amide bonds. The summed E-state index contributed by atoms with van der Waals surface area (Å²) in [5.74, 6) is 9.75. The van der Waals surface area contributed by atoms with Crippen LogP contribution < -0.4 is 26.9 Å². The van der Waals surface area contributed by atoms with Crippen molar-refractivity contribution in [1.29, 1.82) is 0 Å². The highest BCUT2D eigenvalue weighted by molar-refractivity contribution is 5.61. The fourth-order valence-electron chi connectivity index (χ4n) is 1.83. The van der Waals surface area contributed by atoms with Gasteiger partial charge in [0, 0.05) is 7.05 Å². The van der Waals surface area contributed by atoms with Gasteiger partial charge >= 0.3 is 6.18 Å². The molecule has 26 heavy (non-hydrogen) atoms. The van der Waals surface area contributed by atoms with Gasteiger partial charge in [0.15, 0.2) is 5.75 Å². The molecule has 0 aliphatic heterocycles. The van der Waals surface area contributed by atoms with Crippen LogP contribution in [0.3, 0.4) is 0 Å². The SMILES string of the molecule is C/C=C(\C=C/CC)COc1c(N(C)N)cccc1C(F)(F)F.NNC=O. The second kappa shape index (κ2) is 11.9.